The van der Waals surface area contributed by atoms with Crippen LogP contribution >= 0.6 is 0 Å². The molecular formula is C17H25NO3. The first-order chi connectivity index (χ1) is 9.97. The van der Waals surface area contributed by atoms with Crippen molar-refractivity contribution in [1.82, 2.24) is 5.32 Å². The number of carbonyl (C=O) groups excluding carboxylic acids is 1. The lowest BCUT2D eigenvalue weighted by atomic mass is 9.92. The largest absolute Gasteiger partial charge is 0.483 e. The lowest BCUT2D eigenvalue weighted by Crippen LogP contribution is -2.46. The van der Waals surface area contributed by atoms with E-state index in [1.807, 2.05) is 32.9 Å². The first kappa shape index (κ1) is 15.8. The van der Waals surface area contributed by atoms with Gasteiger partial charge in [0, 0.05) is 0 Å². The van der Waals surface area contributed by atoms with Crippen LogP contribution in [0.5, 0.6) is 5.75 Å². The average Bonchev–Trinajstić information content (AvgIpc) is 2.40. The van der Waals surface area contributed by atoms with E-state index in [0.29, 0.717) is 0 Å². The number of aliphatic hydroxyl groups is 1. The molecule has 2 atom stereocenters. The van der Waals surface area contributed by atoms with E-state index >= 15 is 0 Å². The third-order valence-electron chi connectivity index (χ3n) is 4.03. The minimum absolute atomic E-state index is 0.00599. The Bertz CT molecular complexity index is 490. The molecular weight excluding hydrogens is 266 g/mol. The molecule has 1 aromatic carbocycles. The molecule has 4 heteroatoms. The topological polar surface area (TPSA) is 58.6 Å². The molecule has 0 heterocycles. The number of rotatable bonds is 4. The Labute approximate surface area is 126 Å². The summed E-state index contributed by atoms with van der Waals surface area (Å²) < 4.78 is 5.67. The van der Waals surface area contributed by atoms with Gasteiger partial charge in [-0.3, -0.25) is 4.79 Å². The lowest BCUT2D eigenvalue weighted by molar-refractivity contribution is -0.125. The van der Waals surface area contributed by atoms with Crippen molar-refractivity contribution < 1.29 is 14.6 Å². The Balaban J connectivity index is 1.89. The van der Waals surface area contributed by atoms with Crippen LogP contribution in [-0.2, 0) is 4.79 Å². The summed E-state index contributed by atoms with van der Waals surface area (Å²) in [4.78, 5) is 12.0. The van der Waals surface area contributed by atoms with Crippen molar-refractivity contribution in [1.29, 1.82) is 0 Å². The molecule has 0 aliphatic heterocycles. The Morgan fingerprint density at radius 2 is 1.86 bits per heavy atom. The minimum Gasteiger partial charge on any atom is -0.483 e. The van der Waals surface area contributed by atoms with Crippen LogP contribution in [0.25, 0.3) is 0 Å². The number of ether oxygens (including phenoxy) is 1. The number of aryl methyl sites for hydroxylation is 3. The molecule has 0 bridgehead atoms. The molecule has 0 unspecified atom stereocenters. The van der Waals surface area contributed by atoms with Crippen LogP contribution in [0.15, 0.2) is 12.1 Å². The van der Waals surface area contributed by atoms with Crippen LogP contribution in [0.3, 0.4) is 0 Å². The van der Waals surface area contributed by atoms with Crippen LogP contribution in [0.2, 0.25) is 0 Å². The molecule has 0 spiro atoms. The molecule has 1 aliphatic rings. The zero-order valence-electron chi connectivity index (χ0n) is 13.1. The predicted octanol–water partition coefficient (Wildman–Crippen LogP) is 2.41. The van der Waals surface area contributed by atoms with Gasteiger partial charge in [0.15, 0.2) is 6.61 Å². The molecule has 0 aromatic heterocycles. The van der Waals surface area contributed by atoms with E-state index in [0.717, 1.165) is 42.6 Å². The molecule has 2 N–H and O–H groups in total. The number of nitrogens with one attached hydrogen (secondary N) is 1. The second-order valence-corrected chi connectivity index (χ2v) is 6.04. The number of hydrogen-bond acceptors (Lipinski definition) is 3. The van der Waals surface area contributed by atoms with Crippen molar-refractivity contribution in [3.63, 3.8) is 0 Å². The molecule has 0 saturated heterocycles. The fraction of sp³-hybridized carbons (Fsp3) is 0.588. The number of hydrogen-bond donors (Lipinski definition) is 2. The highest BCUT2D eigenvalue weighted by Crippen LogP contribution is 2.24. The predicted molar refractivity (Wildman–Crippen MR) is 82.6 cm³/mol. The SMILES string of the molecule is Cc1cc(C)c(OCC(=O)N[C@@H]2CCCC[C@H]2O)c(C)c1. The van der Waals surface area contributed by atoms with Gasteiger partial charge in [0.2, 0.25) is 0 Å². The zero-order chi connectivity index (χ0) is 15.4. The third-order valence-corrected chi connectivity index (χ3v) is 4.03. The quantitative estimate of drug-likeness (QED) is 0.895. The second-order valence-electron chi connectivity index (χ2n) is 6.04. The number of aliphatic hydroxyl groups excluding tert-OH is 1. The van der Waals surface area contributed by atoms with E-state index in [9.17, 15) is 9.90 Å². The van der Waals surface area contributed by atoms with Gasteiger partial charge in [-0.2, -0.15) is 0 Å². The molecule has 1 amide bonds. The third kappa shape index (κ3) is 4.21. The van der Waals surface area contributed by atoms with Crippen molar-refractivity contribution in [2.45, 2.75) is 58.6 Å². The molecule has 2 rings (SSSR count). The zero-order valence-corrected chi connectivity index (χ0v) is 13.1. The van der Waals surface area contributed by atoms with Gasteiger partial charge < -0.3 is 15.2 Å². The van der Waals surface area contributed by atoms with Crippen LogP contribution in [0.4, 0.5) is 0 Å². The smallest absolute Gasteiger partial charge is 0.258 e. The van der Waals surface area contributed by atoms with Crippen molar-refractivity contribution in [3.8, 4) is 5.75 Å². The number of benzene rings is 1. The molecule has 1 saturated carbocycles. The Hall–Kier alpha value is -1.55. The summed E-state index contributed by atoms with van der Waals surface area (Å²) in [5, 5.41) is 12.7. The molecule has 1 aromatic rings. The maximum atomic E-state index is 12.0. The van der Waals surface area contributed by atoms with Gasteiger partial charge >= 0.3 is 0 Å². The first-order valence-corrected chi connectivity index (χ1v) is 7.65. The summed E-state index contributed by atoms with van der Waals surface area (Å²) in [5.41, 5.74) is 3.27. The van der Waals surface area contributed by atoms with E-state index in [4.69, 9.17) is 4.74 Å². The highest BCUT2D eigenvalue weighted by molar-refractivity contribution is 5.78. The standard InChI is InChI=1S/C17H25NO3/c1-11-8-12(2)17(13(3)9-11)21-10-16(20)18-14-6-4-5-7-15(14)19/h8-9,14-15,19H,4-7,10H2,1-3H3,(H,18,20)/t14-,15-/m1/s1. The fourth-order valence-electron chi connectivity index (χ4n) is 3.06. The average molecular weight is 291 g/mol. The molecule has 0 radical (unpaired) electrons. The Morgan fingerprint density at radius 3 is 2.48 bits per heavy atom. The monoisotopic (exact) mass is 291 g/mol. The molecule has 4 nitrogen and oxygen atoms in total. The van der Waals surface area contributed by atoms with Crippen LogP contribution in [-0.4, -0.2) is 29.8 Å². The van der Waals surface area contributed by atoms with Crippen molar-refractivity contribution in [2.75, 3.05) is 6.61 Å². The van der Waals surface area contributed by atoms with E-state index < -0.39 is 6.10 Å². The number of carbonyl (C=O) groups is 1. The van der Waals surface area contributed by atoms with Gasteiger partial charge in [0.25, 0.3) is 5.91 Å². The maximum Gasteiger partial charge on any atom is 0.258 e. The highest BCUT2D eigenvalue weighted by Gasteiger charge is 2.24. The molecule has 116 valence electrons. The van der Waals surface area contributed by atoms with E-state index in [-0.39, 0.29) is 18.6 Å². The summed E-state index contributed by atoms with van der Waals surface area (Å²) in [6.07, 6.45) is 3.27. The van der Waals surface area contributed by atoms with Gasteiger partial charge in [-0.1, -0.05) is 30.5 Å². The van der Waals surface area contributed by atoms with Gasteiger partial charge in [-0.25, -0.2) is 0 Å². The second kappa shape index (κ2) is 6.94. The van der Waals surface area contributed by atoms with Gasteiger partial charge in [-0.05, 0) is 44.7 Å². The van der Waals surface area contributed by atoms with E-state index in [1.54, 1.807) is 0 Å². The Kier molecular flexibility index (Phi) is 5.23. The summed E-state index contributed by atoms with van der Waals surface area (Å²) in [6.45, 7) is 6.01. The van der Waals surface area contributed by atoms with Crippen LogP contribution in [0.1, 0.15) is 42.4 Å². The van der Waals surface area contributed by atoms with Crippen molar-refractivity contribution in [3.05, 3.63) is 28.8 Å². The summed E-state index contributed by atoms with van der Waals surface area (Å²) in [7, 11) is 0. The summed E-state index contributed by atoms with van der Waals surface area (Å²) >= 11 is 0. The molecule has 1 fully saturated rings. The van der Waals surface area contributed by atoms with Gasteiger partial charge in [-0.15, -0.1) is 0 Å². The summed E-state index contributed by atoms with van der Waals surface area (Å²) in [5.74, 6) is 0.611. The first-order valence-electron chi connectivity index (χ1n) is 7.65. The van der Waals surface area contributed by atoms with Crippen LogP contribution in [0, 0.1) is 20.8 Å². The fourth-order valence-corrected chi connectivity index (χ4v) is 3.06. The van der Waals surface area contributed by atoms with Crippen molar-refractivity contribution in [2.24, 2.45) is 0 Å². The number of amides is 1. The molecule has 1 aliphatic carbocycles. The highest BCUT2D eigenvalue weighted by atomic mass is 16.5. The lowest BCUT2D eigenvalue weighted by Gasteiger charge is -2.28. The minimum atomic E-state index is -0.425. The van der Waals surface area contributed by atoms with E-state index in [1.165, 1.54) is 5.56 Å². The van der Waals surface area contributed by atoms with E-state index in [2.05, 4.69) is 5.32 Å². The van der Waals surface area contributed by atoms with Crippen LogP contribution < -0.4 is 10.1 Å². The van der Waals surface area contributed by atoms with Gasteiger partial charge in [0.1, 0.15) is 5.75 Å². The maximum absolute atomic E-state index is 12.0. The van der Waals surface area contributed by atoms with Crippen molar-refractivity contribution >= 4 is 5.91 Å². The van der Waals surface area contributed by atoms with Gasteiger partial charge in [0.05, 0.1) is 12.1 Å². The summed E-state index contributed by atoms with van der Waals surface area (Å²) in [6, 6.07) is 3.96. The molecule has 21 heavy (non-hydrogen) atoms. The normalized spacial score (nSPS) is 21.9. The Morgan fingerprint density at radius 1 is 1.24 bits per heavy atom.